The molecule has 2 N–H and O–H groups in total. The molecule has 0 aliphatic carbocycles. The van der Waals surface area contributed by atoms with Crippen LogP contribution in [0.15, 0.2) is 40.9 Å². The number of rotatable bonds is 3. The Morgan fingerprint density at radius 3 is 2.50 bits per heavy atom. The second kappa shape index (κ2) is 5.63. The molecule has 2 rings (SSSR count). The number of nitrogen functional groups attached to an aromatic ring is 1. The summed E-state index contributed by atoms with van der Waals surface area (Å²) in [4.78, 5) is 0. The Bertz CT molecular complexity index is 531. The van der Waals surface area contributed by atoms with E-state index in [0.717, 1.165) is 10.0 Å². The van der Waals surface area contributed by atoms with Gasteiger partial charge in [0.15, 0.2) is 5.75 Å². The molecule has 0 radical (unpaired) electrons. The van der Waals surface area contributed by atoms with Gasteiger partial charge in [-0.3, -0.25) is 0 Å². The Labute approximate surface area is 120 Å². The van der Waals surface area contributed by atoms with Gasteiger partial charge >= 0.3 is 0 Å². The molecule has 0 heterocycles. The van der Waals surface area contributed by atoms with Crippen molar-refractivity contribution >= 4 is 33.2 Å². The predicted molar refractivity (Wildman–Crippen MR) is 79.1 cm³/mol. The maximum Gasteiger partial charge on any atom is 0.156 e. The average molecular weight is 327 g/mol. The zero-order valence-corrected chi connectivity index (χ0v) is 12.3. The summed E-state index contributed by atoms with van der Waals surface area (Å²) in [6.07, 6.45) is 0. The number of hydrogen-bond acceptors (Lipinski definition) is 2. The fraction of sp³-hybridized carbons (Fsp3) is 0.143. The number of ether oxygens (including phenoxy) is 1. The molecule has 0 unspecified atom stereocenters. The molecule has 0 atom stereocenters. The Morgan fingerprint density at radius 2 is 1.89 bits per heavy atom. The van der Waals surface area contributed by atoms with Crippen molar-refractivity contribution < 1.29 is 4.74 Å². The third-order valence-electron chi connectivity index (χ3n) is 2.54. The van der Waals surface area contributed by atoms with E-state index in [4.69, 9.17) is 22.1 Å². The van der Waals surface area contributed by atoms with Crippen LogP contribution in [0.1, 0.15) is 11.1 Å². The van der Waals surface area contributed by atoms with E-state index in [1.54, 1.807) is 12.1 Å². The van der Waals surface area contributed by atoms with Gasteiger partial charge in [0.2, 0.25) is 0 Å². The van der Waals surface area contributed by atoms with Gasteiger partial charge in [-0.2, -0.15) is 0 Å². The summed E-state index contributed by atoms with van der Waals surface area (Å²) < 4.78 is 6.48. The van der Waals surface area contributed by atoms with Crippen molar-refractivity contribution in [2.24, 2.45) is 0 Å². The Balaban J connectivity index is 2.13. The molecule has 2 aromatic rings. The van der Waals surface area contributed by atoms with E-state index < -0.39 is 0 Å². The molecule has 18 heavy (non-hydrogen) atoms. The highest BCUT2D eigenvalue weighted by Gasteiger charge is 2.08. The van der Waals surface area contributed by atoms with Gasteiger partial charge in [0.25, 0.3) is 0 Å². The van der Waals surface area contributed by atoms with Crippen LogP contribution < -0.4 is 10.5 Å². The van der Waals surface area contributed by atoms with Crippen LogP contribution in [0.3, 0.4) is 0 Å². The first-order valence-electron chi connectivity index (χ1n) is 5.49. The summed E-state index contributed by atoms with van der Waals surface area (Å²) in [5, 5.41) is 0.585. The highest BCUT2D eigenvalue weighted by Crippen LogP contribution is 2.35. The van der Waals surface area contributed by atoms with Crippen LogP contribution in [0.25, 0.3) is 0 Å². The minimum Gasteiger partial charge on any atom is -0.486 e. The van der Waals surface area contributed by atoms with Gasteiger partial charge in [-0.05, 0) is 40.5 Å². The maximum atomic E-state index is 5.89. The second-order valence-electron chi connectivity index (χ2n) is 4.08. The fourth-order valence-electron chi connectivity index (χ4n) is 1.57. The van der Waals surface area contributed by atoms with Crippen molar-refractivity contribution in [2.45, 2.75) is 13.5 Å². The lowest BCUT2D eigenvalue weighted by Gasteiger charge is -2.11. The minimum atomic E-state index is 0.477. The summed E-state index contributed by atoms with van der Waals surface area (Å²) >= 11 is 9.28. The van der Waals surface area contributed by atoms with Gasteiger partial charge in [0.1, 0.15) is 6.61 Å². The van der Waals surface area contributed by atoms with Gasteiger partial charge < -0.3 is 10.5 Å². The first-order valence-corrected chi connectivity index (χ1v) is 6.66. The van der Waals surface area contributed by atoms with E-state index in [2.05, 4.69) is 35.0 Å². The van der Waals surface area contributed by atoms with Crippen molar-refractivity contribution in [3.8, 4) is 5.75 Å². The highest BCUT2D eigenvalue weighted by atomic mass is 79.9. The first-order chi connectivity index (χ1) is 8.56. The minimum absolute atomic E-state index is 0.477. The summed E-state index contributed by atoms with van der Waals surface area (Å²) in [5.74, 6) is 0.625. The van der Waals surface area contributed by atoms with E-state index >= 15 is 0 Å². The molecule has 0 spiro atoms. The SMILES string of the molecule is Cc1ccc(COc2c(N)cc(Cl)cc2Br)cc1. The van der Waals surface area contributed by atoms with Crippen molar-refractivity contribution in [2.75, 3.05) is 5.73 Å². The summed E-state index contributed by atoms with van der Waals surface area (Å²) in [5.41, 5.74) is 8.73. The highest BCUT2D eigenvalue weighted by molar-refractivity contribution is 9.10. The molecule has 2 nitrogen and oxygen atoms in total. The summed E-state index contributed by atoms with van der Waals surface area (Å²) in [6.45, 7) is 2.53. The van der Waals surface area contributed by atoms with Crippen LogP contribution in [-0.4, -0.2) is 0 Å². The molecular formula is C14H13BrClNO. The van der Waals surface area contributed by atoms with Gasteiger partial charge in [0, 0.05) is 5.02 Å². The zero-order chi connectivity index (χ0) is 13.1. The number of halogens is 2. The fourth-order valence-corrected chi connectivity index (χ4v) is 2.52. The third kappa shape index (κ3) is 3.18. The van der Waals surface area contributed by atoms with Crippen molar-refractivity contribution in [3.05, 3.63) is 57.0 Å². The van der Waals surface area contributed by atoms with Gasteiger partial charge in [-0.1, -0.05) is 41.4 Å². The quantitative estimate of drug-likeness (QED) is 0.838. The van der Waals surface area contributed by atoms with E-state index in [9.17, 15) is 0 Å². The van der Waals surface area contributed by atoms with E-state index in [1.807, 2.05) is 12.1 Å². The van der Waals surface area contributed by atoms with Crippen molar-refractivity contribution in [3.63, 3.8) is 0 Å². The van der Waals surface area contributed by atoms with E-state index in [-0.39, 0.29) is 0 Å². The topological polar surface area (TPSA) is 35.2 Å². The number of hydrogen-bond donors (Lipinski definition) is 1. The predicted octanol–water partition coefficient (Wildman–Crippen LogP) is 4.57. The largest absolute Gasteiger partial charge is 0.486 e. The molecule has 0 amide bonds. The molecule has 0 bridgehead atoms. The lowest BCUT2D eigenvalue weighted by molar-refractivity contribution is 0.306. The monoisotopic (exact) mass is 325 g/mol. The van der Waals surface area contributed by atoms with Gasteiger partial charge in [-0.15, -0.1) is 0 Å². The van der Waals surface area contributed by atoms with Crippen LogP contribution in [0.4, 0.5) is 5.69 Å². The van der Waals surface area contributed by atoms with Crippen molar-refractivity contribution in [1.82, 2.24) is 0 Å². The second-order valence-corrected chi connectivity index (χ2v) is 5.37. The van der Waals surface area contributed by atoms with Gasteiger partial charge in [0.05, 0.1) is 10.2 Å². The van der Waals surface area contributed by atoms with Crippen LogP contribution in [-0.2, 0) is 6.61 Å². The smallest absolute Gasteiger partial charge is 0.156 e. The third-order valence-corrected chi connectivity index (χ3v) is 3.35. The van der Waals surface area contributed by atoms with Crippen LogP contribution in [0.5, 0.6) is 5.75 Å². The number of benzene rings is 2. The Morgan fingerprint density at radius 1 is 1.22 bits per heavy atom. The van der Waals surface area contributed by atoms with Crippen LogP contribution >= 0.6 is 27.5 Å². The molecule has 0 saturated carbocycles. The molecule has 0 fully saturated rings. The summed E-state index contributed by atoms with van der Waals surface area (Å²) in [7, 11) is 0. The maximum absolute atomic E-state index is 5.89. The molecule has 0 aromatic heterocycles. The van der Waals surface area contributed by atoms with E-state index in [1.165, 1.54) is 5.56 Å². The molecule has 0 saturated heterocycles. The molecular weight excluding hydrogens is 314 g/mol. The zero-order valence-electron chi connectivity index (χ0n) is 9.91. The lowest BCUT2D eigenvalue weighted by Crippen LogP contribution is -1.99. The van der Waals surface area contributed by atoms with Crippen LogP contribution in [0, 0.1) is 6.92 Å². The molecule has 4 heteroatoms. The molecule has 0 aliphatic rings. The standard InChI is InChI=1S/C14H13BrClNO/c1-9-2-4-10(5-3-9)8-18-14-12(15)6-11(16)7-13(14)17/h2-7H,8,17H2,1H3. The molecule has 94 valence electrons. The average Bonchev–Trinajstić information content (AvgIpc) is 2.30. The van der Waals surface area contributed by atoms with Gasteiger partial charge in [-0.25, -0.2) is 0 Å². The first kappa shape index (κ1) is 13.2. The summed E-state index contributed by atoms with van der Waals surface area (Å²) in [6, 6.07) is 11.6. The van der Waals surface area contributed by atoms with Crippen LogP contribution in [0.2, 0.25) is 5.02 Å². The number of aryl methyl sites for hydroxylation is 1. The Kier molecular flexibility index (Phi) is 4.15. The van der Waals surface area contributed by atoms with Crippen molar-refractivity contribution in [1.29, 1.82) is 0 Å². The molecule has 2 aromatic carbocycles. The lowest BCUT2D eigenvalue weighted by atomic mass is 10.2. The van der Waals surface area contributed by atoms with E-state index in [0.29, 0.717) is 23.1 Å². The Hall–Kier alpha value is -1.19. The number of nitrogens with two attached hydrogens (primary N) is 1. The number of anilines is 1. The molecule has 0 aliphatic heterocycles. The normalized spacial score (nSPS) is 10.4.